The van der Waals surface area contributed by atoms with Gasteiger partial charge >= 0.3 is 11.8 Å². The molecule has 3 aromatic rings. The minimum atomic E-state index is -1.24. The van der Waals surface area contributed by atoms with Crippen molar-refractivity contribution in [3.63, 3.8) is 0 Å². The molecular weight excluding hydrogens is 573 g/mol. The summed E-state index contributed by atoms with van der Waals surface area (Å²) in [6.45, 7) is 10.2. The van der Waals surface area contributed by atoms with Crippen LogP contribution in [0.25, 0.3) is 10.9 Å². The van der Waals surface area contributed by atoms with Gasteiger partial charge in [-0.3, -0.25) is 14.6 Å². The van der Waals surface area contributed by atoms with Crippen LogP contribution in [-0.2, 0) is 38.1 Å². The van der Waals surface area contributed by atoms with Crippen molar-refractivity contribution < 1.29 is 31.4 Å². The number of fused-ring (bicyclic) bond motifs is 1. The number of carbonyl (C=O) groups excluding carboxylic acids is 2. The fourth-order valence-corrected chi connectivity index (χ4v) is 5.42. The van der Waals surface area contributed by atoms with E-state index in [2.05, 4.69) is 46.9 Å². The summed E-state index contributed by atoms with van der Waals surface area (Å²) in [5, 5.41) is 8.20. The molecule has 3 aromatic heterocycles. The molecule has 0 saturated carbocycles. The molecule has 0 bridgehead atoms. The molecule has 1 aliphatic rings. The summed E-state index contributed by atoms with van der Waals surface area (Å²) in [5.41, 5.74) is 7.78. The summed E-state index contributed by atoms with van der Waals surface area (Å²) in [5.74, 6) is -0.834. The predicted molar refractivity (Wildman–Crippen MR) is 147 cm³/mol. The Labute approximate surface area is 239 Å². The molecule has 1 fully saturated rings. The molecule has 209 valence electrons. The van der Waals surface area contributed by atoms with Gasteiger partial charge in [-0.25, -0.2) is 9.67 Å². The second-order valence-electron chi connectivity index (χ2n) is 10.9. The number of anilines is 2. The Morgan fingerprint density at radius 3 is 2.68 bits per heavy atom. The average Bonchev–Trinajstić information content (AvgIpc) is 3.27. The minimum Gasteiger partial charge on any atom is -0.383 e. The van der Waals surface area contributed by atoms with E-state index in [1.165, 1.54) is 6.20 Å². The fourth-order valence-electron chi connectivity index (χ4n) is 4.48. The topological polar surface area (TPSA) is 128 Å². The number of hydrogen-bond donors (Lipinski definition) is 2. The molecule has 2 amide bonds. The number of nitrogens with zero attached hydrogens (tertiary/aromatic N) is 5. The number of likely N-dealkylation sites (tertiary alicyclic amines) is 1. The molecule has 1 aliphatic heterocycles. The quantitative estimate of drug-likeness (QED) is 0.233. The van der Waals surface area contributed by atoms with Crippen molar-refractivity contribution in [3.05, 3.63) is 41.4 Å². The van der Waals surface area contributed by atoms with Gasteiger partial charge in [0.2, 0.25) is 0 Å². The van der Waals surface area contributed by atoms with Gasteiger partial charge in [0.15, 0.2) is 0 Å². The smallest absolute Gasteiger partial charge is 0.314 e. The number of nitrogen functional groups attached to an aromatic ring is 1. The maximum Gasteiger partial charge on any atom is 0.314 e. The number of nitrogens with one attached hydrogen (secondary N) is 1. The largest absolute Gasteiger partial charge is 0.383 e. The van der Waals surface area contributed by atoms with Crippen LogP contribution in [0.15, 0.2) is 30.9 Å². The number of aromatic nitrogens is 4. The molecule has 13 heteroatoms. The van der Waals surface area contributed by atoms with Crippen LogP contribution in [0.2, 0.25) is 30.7 Å². The summed E-state index contributed by atoms with van der Waals surface area (Å²) >= 11 is 6.15. The SMILES string of the molecule is C[C@H]1CC[C@H](c2cncc(Cl)c2)N(C(=O)C(=O)Nc2cnc(N)c3cnn(COCC[Si](C)(C)C)c23)C1.[Cu]. The van der Waals surface area contributed by atoms with Gasteiger partial charge in [-0.15, -0.1) is 0 Å². The first-order chi connectivity index (χ1) is 17.5. The van der Waals surface area contributed by atoms with Crippen LogP contribution in [0.3, 0.4) is 0 Å². The number of ether oxygens (including phenoxy) is 1. The molecule has 0 aliphatic carbocycles. The summed E-state index contributed by atoms with van der Waals surface area (Å²) in [6, 6.07) is 2.53. The van der Waals surface area contributed by atoms with E-state index in [-0.39, 0.29) is 41.6 Å². The second-order valence-corrected chi connectivity index (χ2v) is 16.9. The molecule has 4 heterocycles. The summed E-state index contributed by atoms with van der Waals surface area (Å²) < 4.78 is 7.48. The van der Waals surface area contributed by atoms with Crippen molar-refractivity contribution in [1.82, 2.24) is 24.6 Å². The van der Waals surface area contributed by atoms with E-state index < -0.39 is 19.9 Å². The van der Waals surface area contributed by atoms with E-state index in [0.29, 0.717) is 34.8 Å². The number of amides is 2. The molecule has 10 nitrogen and oxygen atoms in total. The first-order valence-corrected chi connectivity index (χ1v) is 16.5. The van der Waals surface area contributed by atoms with E-state index in [1.54, 1.807) is 34.2 Å². The van der Waals surface area contributed by atoms with Crippen LogP contribution in [-0.4, -0.2) is 57.7 Å². The Balaban J connectivity index is 0.00000400. The van der Waals surface area contributed by atoms with E-state index in [9.17, 15) is 9.59 Å². The van der Waals surface area contributed by atoms with Crippen molar-refractivity contribution in [2.75, 3.05) is 24.2 Å². The number of nitrogens with two attached hydrogens (primary N) is 1. The van der Waals surface area contributed by atoms with Gasteiger partial charge < -0.3 is 20.7 Å². The molecule has 38 heavy (non-hydrogen) atoms. The zero-order valence-corrected chi connectivity index (χ0v) is 24.7. The molecule has 0 spiro atoms. The molecule has 1 radical (unpaired) electrons. The Morgan fingerprint density at radius 1 is 1.21 bits per heavy atom. The van der Waals surface area contributed by atoms with E-state index in [4.69, 9.17) is 22.1 Å². The van der Waals surface area contributed by atoms with Gasteiger partial charge in [-0.05, 0) is 36.4 Å². The number of hydrogen-bond acceptors (Lipinski definition) is 7. The normalized spacial score (nSPS) is 17.8. The number of piperidine rings is 1. The first kappa shape index (κ1) is 30.0. The zero-order chi connectivity index (χ0) is 26.7. The predicted octanol–water partition coefficient (Wildman–Crippen LogP) is 4.31. The van der Waals surface area contributed by atoms with Gasteiger partial charge in [-0.2, -0.15) is 5.10 Å². The van der Waals surface area contributed by atoms with Crippen LogP contribution in [0, 0.1) is 5.92 Å². The summed E-state index contributed by atoms with van der Waals surface area (Å²) in [4.78, 5) is 36.6. The Bertz CT molecular complexity index is 1300. The third-order valence-corrected chi connectivity index (χ3v) is 8.46. The van der Waals surface area contributed by atoms with Crippen LogP contribution < -0.4 is 11.1 Å². The van der Waals surface area contributed by atoms with Crippen LogP contribution >= 0.6 is 11.6 Å². The summed E-state index contributed by atoms with van der Waals surface area (Å²) in [6.07, 6.45) is 7.93. The molecule has 3 N–H and O–H groups in total. The van der Waals surface area contributed by atoms with Crippen LogP contribution in [0.1, 0.15) is 31.4 Å². The molecule has 4 rings (SSSR count). The van der Waals surface area contributed by atoms with Crippen LogP contribution in [0.5, 0.6) is 0 Å². The number of rotatable bonds is 7. The van der Waals surface area contributed by atoms with Gasteiger partial charge in [0.05, 0.1) is 40.0 Å². The van der Waals surface area contributed by atoms with Crippen molar-refractivity contribution in [2.24, 2.45) is 5.92 Å². The number of halogens is 1. The van der Waals surface area contributed by atoms with Crippen molar-refractivity contribution in [2.45, 2.75) is 58.2 Å². The number of pyridine rings is 2. The van der Waals surface area contributed by atoms with Gasteiger partial charge in [0.1, 0.15) is 12.5 Å². The molecule has 0 unspecified atom stereocenters. The van der Waals surface area contributed by atoms with Gasteiger partial charge in [0.25, 0.3) is 0 Å². The van der Waals surface area contributed by atoms with E-state index in [0.717, 1.165) is 24.4 Å². The van der Waals surface area contributed by atoms with E-state index >= 15 is 0 Å². The van der Waals surface area contributed by atoms with Crippen molar-refractivity contribution >= 4 is 53.9 Å². The molecule has 1 saturated heterocycles. The third kappa shape index (κ3) is 7.12. The minimum absolute atomic E-state index is 0. The van der Waals surface area contributed by atoms with Crippen LogP contribution in [0.4, 0.5) is 11.5 Å². The fraction of sp³-hybridized carbons (Fsp3) is 0.480. The summed E-state index contributed by atoms with van der Waals surface area (Å²) in [7, 11) is -1.24. The number of carbonyl (C=O) groups is 2. The van der Waals surface area contributed by atoms with Crippen molar-refractivity contribution in [1.29, 1.82) is 0 Å². The third-order valence-electron chi connectivity index (χ3n) is 6.54. The zero-order valence-electron chi connectivity index (χ0n) is 22.0. The maximum atomic E-state index is 13.4. The van der Waals surface area contributed by atoms with Gasteiger partial charge in [-0.1, -0.05) is 38.2 Å². The van der Waals surface area contributed by atoms with Gasteiger partial charge in [0, 0.05) is 50.7 Å². The first-order valence-electron chi connectivity index (χ1n) is 12.4. The Kier molecular flexibility index (Phi) is 9.94. The average molecular weight is 608 g/mol. The maximum absolute atomic E-state index is 13.4. The van der Waals surface area contributed by atoms with E-state index in [1.807, 2.05) is 0 Å². The second kappa shape index (κ2) is 12.6. The van der Waals surface area contributed by atoms with Crippen molar-refractivity contribution in [3.8, 4) is 0 Å². The Morgan fingerprint density at radius 2 is 1.97 bits per heavy atom. The molecule has 2 atom stereocenters. The standard InChI is InChI=1S/C25H34ClN7O3Si.Cu/c1-16-5-6-21(17-9-18(26)11-28-10-17)32(14-16)25(35)24(34)31-20-13-29-23(27)19-12-30-33(22(19)20)15-36-7-8-37(2,3)4;/h9-13,16,21H,5-8,14-15H2,1-4H3,(H2,27,29)(H,31,34);/t16-,21+;/m0./s1. The molecular formula is C25H34ClCuN7O3Si. The monoisotopic (exact) mass is 606 g/mol. The Hall–Kier alpha value is -2.50. The molecule has 0 aromatic carbocycles.